The lowest BCUT2D eigenvalue weighted by molar-refractivity contribution is 0.620. The van der Waals surface area contributed by atoms with Gasteiger partial charge in [-0.05, 0) is 59.3 Å². The monoisotopic (exact) mass is 652 g/mol. The Bertz CT molecular complexity index is 2840. The minimum absolute atomic E-state index is 0.609. The first-order valence-electron chi connectivity index (χ1n) is 17.0. The second-order valence-corrected chi connectivity index (χ2v) is 12.7. The molecule has 0 N–H and O–H groups in total. The van der Waals surface area contributed by atoms with E-state index in [0.717, 1.165) is 88.4 Å². The van der Waals surface area contributed by atoms with Crippen molar-refractivity contribution in [1.29, 1.82) is 0 Å². The molecule has 0 unspecified atom stereocenters. The largest absolute Gasteiger partial charge is 0.436 e. The molecule has 7 aromatic carbocycles. The van der Waals surface area contributed by atoms with Gasteiger partial charge in [0.2, 0.25) is 5.89 Å². The van der Waals surface area contributed by atoms with Gasteiger partial charge in [-0.1, -0.05) is 121 Å². The van der Waals surface area contributed by atoms with Crippen molar-refractivity contribution in [1.82, 2.24) is 19.9 Å². The van der Waals surface area contributed by atoms with Gasteiger partial charge >= 0.3 is 0 Å². The van der Waals surface area contributed by atoms with E-state index in [1.54, 1.807) is 0 Å². The van der Waals surface area contributed by atoms with Gasteiger partial charge in [-0.15, -0.1) is 0 Å². The first-order valence-corrected chi connectivity index (χ1v) is 17.0. The summed E-state index contributed by atoms with van der Waals surface area (Å²) in [5.41, 5.74) is 10.2. The average molecular weight is 653 g/mol. The summed E-state index contributed by atoms with van der Waals surface area (Å²) in [6.07, 6.45) is 0. The van der Waals surface area contributed by atoms with Crippen molar-refractivity contribution in [2.45, 2.75) is 0 Å². The Morgan fingerprint density at radius 1 is 0.392 bits per heavy atom. The van der Waals surface area contributed by atoms with Gasteiger partial charge in [-0.3, -0.25) is 0 Å². The van der Waals surface area contributed by atoms with E-state index in [1.807, 2.05) is 78.9 Å². The van der Waals surface area contributed by atoms with Crippen LogP contribution in [0.3, 0.4) is 0 Å². The fourth-order valence-electron chi connectivity index (χ4n) is 6.97. The molecule has 238 valence electrons. The molecule has 0 aliphatic carbocycles. The van der Waals surface area contributed by atoms with Crippen LogP contribution in [0.2, 0.25) is 0 Å². The quantitative estimate of drug-likeness (QED) is 0.173. The molecule has 0 amide bonds. The van der Waals surface area contributed by atoms with Crippen LogP contribution in [0.5, 0.6) is 0 Å². The van der Waals surface area contributed by atoms with Crippen molar-refractivity contribution in [3.63, 3.8) is 0 Å². The van der Waals surface area contributed by atoms with Gasteiger partial charge in [0.05, 0.1) is 22.6 Å². The molecule has 10 rings (SSSR count). The molecule has 5 nitrogen and oxygen atoms in total. The number of oxazole rings is 1. The number of pyridine rings is 1. The molecule has 0 bridgehead atoms. The van der Waals surface area contributed by atoms with Gasteiger partial charge in [0.15, 0.2) is 11.4 Å². The molecule has 0 fully saturated rings. The van der Waals surface area contributed by atoms with E-state index in [9.17, 15) is 0 Å². The summed E-state index contributed by atoms with van der Waals surface area (Å²) < 4.78 is 6.29. The number of fused-ring (bicyclic) bond motifs is 6. The zero-order valence-electron chi connectivity index (χ0n) is 27.4. The average Bonchev–Trinajstić information content (AvgIpc) is 3.66. The van der Waals surface area contributed by atoms with Crippen molar-refractivity contribution in [3.8, 4) is 56.6 Å². The first-order chi connectivity index (χ1) is 25.2. The van der Waals surface area contributed by atoms with E-state index in [0.29, 0.717) is 11.7 Å². The molecule has 0 saturated heterocycles. The Labute approximate surface area is 293 Å². The van der Waals surface area contributed by atoms with Gasteiger partial charge in [0.1, 0.15) is 5.52 Å². The summed E-state index contributed by atoms with van der Waals surface area (Å²) in [4.78, 5) is 20.3. The number of para-hydroxylation sites is 1. The highest BCUT2D eigenvalue weighted by molar-refractivity contribution is 6.21. The number of hydrogen-bond acceptors (Lipinski definition) is 5. The molecule has 0 spiro atoms. The predicted octanol–water partition coefficient (Wildman–Crippen LogP) is 11.8. The molecule has 0 aliphatic rings. The molecule has 3 heterocycles. The fourth-order valence-corrected chi connectivity index (χ4v) is 6.97. The summed E-state index contributed by atoms with van der Waals surface area (Å²) >= 11 is 0. The highest BCUT2D eigenvalue weighted by atomic mass is 16.3. The number of benzene rings is 7. The molecule has 5 heteroatoms. The van der Waals surface area contributed by atoms with Gasteiger partial charge in [0, 0.05) is 44.0 Å². The summed E-state index contributed by atoms with van der Waals surface area (Å²) in [6, 6.07) is 58.0. The van der Waals surface area contributed by atoms with Crippen LogP contribution in [0.4, 0.5) is 0 Å². The summed E-state index contributed by atoms with van der Waals surface area (Å²) in [5, 5.41) is 5.37. The Hall–Kier alpha value is -6.98. The van der Waals surface area contributed by atoms with Crippen molar-refractivity contribution in [2.75, 3.05) is 0 Å². The minimum Gasteiger partial charge on any atom is -0.436 e. The Kier molecular flexibility index (Phi) is 6.74. The van der Waals surface area contributed by atoms with Gasteiger partial charge in [-0.25, -0.2) is 19.9 Å². The molecule has 10 aromatic rings. The molecule has 3 aromatic heterocycles. The van der Waals surface area contributed by atoms with E-state index >= 15 is 0 Å². The topological polar surface area (TPSA) is 64.7 Å². The second kappa shape index (κ2) is 11.9. The summed E-state index contributed by atoms with van der Waals surface area (Å²) in [6.45, 7) is 0. The van der Waals surface area contributed by atoms with E-state index in [1.165, 1.54) is 0 Å². The van der Waals surface area contributed by atoms with Crippen LogP contribution in [0.15, 0.2) is 174 Å². The summed E-state index contributed by atoms with van der Waals surface area (Å²) in [7, 11) is 0. The van der Waals surface area contributed by atoms with Crippen LogP contribution in [-0.2, 0) is 0 Å². The van der Waals surface area contributed by atoms with Crippen LogP contribution in [0.25, 0.3) is 100 Å². The Balaban J connectivity index is 1.11. The maximum absolute atomic E-state index is 6.29. The molecule has 0 aliphatic heterocycles. The molecule has 0 saturated carbocycles. The Morgan fingerprint density at radius 2 is 1.00 bits per heavy atom. The third-order valence-electron chi connectivity index (χ3n) is 9.48. The smallest absolute Gasteiger partial charge is 0.227 e. The molecular weight excluding hydrogens is 625 g/mol. The van der Waals surface area contributed by atoms with Gasteiger partial charge in [0.25, 0.3) is 0 Å². The highest BCUT2D eigenvalue weighted by Crippen LogP contribution is 2.39. The second-order valence-electron chi connectivity index (χ2n) is 12.7. The van der Waals surface area contributed by atoms with E-state index in [-0.39, 0.29) is 0 Å². The van der Waals surface area contributed by atoms with Gasteiger partial charge < -0.3 is 4.42 Å². The lowest BCUT2D eigenvalue weighted by Gasteiger charge is -2.12. The zero-order chi connectivity index (χ0) is 33.7. The van der Waals surface area contributed by atoms with Gasteiger partial charge in [-0.2, -0.15) is 0 Å². The lowest BCUT2D eigenvalue weighted by atomic mass is 9.96. The van der Waals surface area contributed by atoms with Crippen LogP contribution >= 0.6 is 0 Å². The highest BCUT2D eigenvalue weighted by Gasteiger charge is 2.18. The Morgan fingerprint density at radius 3 is 1.75 bits per heavy atom. The maximum atomic E-state index is 6.29. The molecule has 51 heavy (non-hydrogen) atoms. The zero-order valence-corrected chi connectivity index (χ0v) is 27.4. The van der Waals surface area contributed by atoms with Crippen molar-refractivity contribution < 1.29 is 4.42 Å². The lowest BCUT2D eigenvalue weighted by Crippen LogP contribution is -1.96. The van der Waals surface area contributed by atoms with Crippen molar-refractivity contribution in [3.05, 3.63) is 170 Å². The predicted molar refractivity (Wildman–Crippen MR) is 207 cm³/mol. The van der Waals surface area contributed by atoms with Crippen LogP contribution in [0, 0.1) is 0 Å². The fraction of sp³-hybridized carbons (Fsp3) is 0. The van der Waals surface area contributed by atoms with E-state index in [4.69, 9.17) is 24.4 Å². The number of nitrogens with zero attached hydrogens (tertiary/aromatic N) is 4. The molecular formula is C46H28N4O. The summed E-state index contributed by atoms with van der Waals surface area (Å²) in [5.74, 6) is 1.31. The minimum atomic E-state index is 0.609. The van der Waals surface area contributed by atoms with E-state index < -0.39 is 0 Å². The van der Waals surface area contributed by atoms with Crippen LogP contribution in [0.1, 0.15) is 0 Å². The SMILES string of the molecule is c1ccc(-c2cc(-c3ccc4cc(-c5nc6ccccc6c6c5ccc5oc(-c7ccccc7)nc56)ccc4c3)nc(-c3ccccc3)n2)cc1. The van der Waals surface area contributed by atoms with E-state index in [2.05, 4.69) is 91.0 Å². The standard InChI is InChI=1S/C46H28N4O/c1-4-12-29(13-5-1)39-28-40(49-45(48-39)30-14-6-2-7-15-30)34-22-20-33-27-35(23-21-32(33)26-34)43-37-24-25-41-44(42(37)36-18-10-11-19-38(36)47-43)50-46(51-41)31-16-8-3-9-17-31/h1-28H. The number of hydrogen-bond donors (Lipinski definition) is 0. The normalized spacial score (nSPS) is 11.5. The van der Waals surface area contributed by atoms with Crippen LogP contribution < -0.4 is 0 Å². The molecule has 0 radical (unpaired) electrons. The van der Waals surface area contributed by atoms with Crippen molar-refractivity contribution >= 4 is 43.5 Å². The first kappa shape index (κ1) is 29.0. The number of rotatable bonds is 5. The van der Waals surface area contributed by atoms with Crippen molar-refractivity contribution in [2.24, 2.45) is 0 Å². The third-order valence-corrected chi connectivity index (χ3v) is 9.48. The van der Waals surface area contributed by atoms with Crippen LogP contribution in [-0.4, -0.2) is 19.9 Å². The molecule has 0 atom stereocenters. The third kappa shape index (κ3) is 5.11. The maximum Gasteiger partial charge on any atom is 0.227 e. The number of aromatic nitrogens is 4.